The lowest BCUT2D eigenvalue weighted by atomic mass is 9.86. The smallest absolute Gasteiger partial charge is 0.253 e. The van der Waals surface area contributed by atoms with Crippen molar-refractivity contribution >= 4 is 11.8 Å². The number of amides is 2. The average Bonchev–Trinajstić information content (AvgIpc) is 3.10. The summed E-state index contributed by atoms with van der Waals surface area (Å²) in [6.45, 7) is 9.59. The van der Waals surface area contributed by atoms with Gasteiger partial charge in [0.05, 0.1) is 6.54 Å². The highest BCUT2D eigenvalue weighted by Crippen LogP contribution is 2.24. The summed E-state index contributed by atoms with van der Waals surface area (Å²) in [6, 6.07) is 7.83. The fourth-order valence-electron chi connectivity index (χ4n) is 3.36. The molecule has 1 aromatic heterocycles. The third kappa shape index (κ3) is 4.77. The van der Waals surface area contributed by atoms with Crippen LogP contribution in [0.15, 0.2) is 28.8 Å². The van der Waals surface area contributed by atoms with Gasteiger partial charge in [-0.05, 0) is 42.9 Å². The van der Waals surface area contributed by atoms with Crippen LogP contribution in [0, 0.1) is 12.8 Å². The van der Waals surface area contributed by atoms with Crippen LogP contribution in [0.5, 0.6) is 0 Å². The summed E-state index contributed by atoms with van der Waals surface area (Å²) in [5.74, 6) is 0.846. The first-order valence-electron chi connectivity index (χ1n) is 9.71. The summed E-state index contributed by atoms with van der Waals surface area (Å²) < 4.78 is 5.00. The molecule has 0 unspecified atom stereocenters. The van der Waals surface area contributed by atoms with E-state index in [1.165, 1.54) is 5.56 Å². The average molecular weight is 384 g/mol. The monoisotopic (exact) mass is 384 g/mol. The molecule has 2 amide bonds. The number of nitrogens with one attached hydrogen (secondary N) is 1. The molecule has 2 aromatic rings. The zero-order valence-electron chi connectivity index (χ0n) is 17.0. The number of nitrogens with zero attached hydrogens (tertiary/aromatic N) is 3. The Kier molecular flexibility index (Phi) is 5.82. The number of carbonyl (C=O) groups excluding carboxylic acids is 2. The summed E-state index contributed by atoms with van der Waals surface area (Å²) in [7, 11) is 0. The Hall–Kier alpha value is -2.70. The molecule has 0 bridgehead atoms. The summed E-state index contributed by atoms with van der Waals surface area (Å²) in [5, 5.41) is 6.54. The third-order valence-corrected chi connectivity index (χ3v) is 5.13. The number of carbonyl (C=O) groups is 2. The molecular weight excluding hydrogens is 356 g/mol. The molecule has 1 N–H and O–H groups in total. The zero-order chi connectivity index (χ0) is 20.3. The Morgan fingerprint density at radius 3 is 2.36 bits per heavy atom. The van der Waals surface area contributed by atoms with Gasteiger partial charge in [0.1, 0.15) is 0 Å². The first-order valence-corrected chi connectivity index (χ1v) is 9.71. The van der Waals surface area contributed by atoms with Gasteiger partial charge in [0, 0.05) is 24.6 Å². The first-order chi connectivity index (χ1) is 13.2. The van der Waals surface area contributed by atoms with E-state index in [0.717, 1.165) is 0 Å². The van der Waals surface area contributed by atoms with Crippen molar-refractivity contribution in [1.82, 2.24) is 20.4 Å². The number of rotatable bonds is 4. The van der Waals surface area contributed by atoms with Crippen LogP contribution in [0.4, 0.5) is 0 Å². The summed E-state index contributed by atoms with van der Waals surface area (Å²) in [4.78, 5) is 31.0. The molecule has 150 valence electrons. The predicted molar refractivity (Wildman–Crippen MR) is 105 cm³/mol. The Balaban J connectivity index is 1.50. The van der Waals surface area contributed by atoms with Crippen molar-refractivity contribution in [2.45, 2.75) is 52.5 Å². The number of hydrogen-bond donors (Lipinski definition) is 1. The highest BCUT2D eigenvalue weighted by molar-refractivity contribution is 5.94. The van der Waals surface area contributed by atoms with Gasteiger partial charge in [0.15, 0.2) is 5.82 Å². The number of hydrogen-bond acceptors (Lipinski definition) is 5. The minimum atomic E-state index is -0.101. The maximum atomic E-state index is 12.7. The fourth-order valence-corrected chi connectivity index (χ4v) is 3.36. The van der Waals surface area contributed by atoms with Crippen molar-refractivity contribution in [3.8, 4) is 0 Å². The summed E-state index contributed by atoms with van der Waals surface area (Å²) >= 11 is 0. The van der Waals surface area contributed by atoms with Crippen molar-refractivity contribution in [3.05, 3.63) is 47.1 Å². The van der Waals surface area contributed by atoms with Gasteiger partial charge in [-0.15, -0.1) is 0 Å². The van der Waals surface area contributed by atoms with E-state index in [1.807, 2.05) is 29.2 Å². The molecule has 0 atom stereocenters. The van der Waals surface area contributed by atoms with Gasteiger partial charge in [-0.25, -0.2) is 0 Å². The molecule has 7 heteroatoms. The lowest BCUT2D eigenvalue weighted by Gasteiger charge is -2.31. The lowest BCUT2D eigenvalue weighted by molar-refractivity contribution is -0.126. The standard InChI is InChI=1S/C21H28N4O3/c1-14-23-18(28-24-14)13-22-19(26)15-9-11-25(12-10-15)20(27)16-5-7-17(8-6-16)21(2,3)4/h5-8,15H,9-13H2,1-4H3,(H,22,26). The third-order valence-electron chi connectivity index (χ3n) is 5.13. The maximum Gasteiger partial charge on any atom is 0.253 e. The molecule has 7 nitrogen and oxygen atoms in total. The highest BCUT2D eigenvalue weighted by Gasteiger charge is 2.28. The Morgan fingerprint density at radius 2 is 1.82 bits per heavy atom. The Labute approximate surface area is 165 Å². The molecule has 0 radical (unpaired) electrons. The molecule has 1 saturated heterocycles. The molecule has 2 heterocycles. The molecule has 1 fully saturated rings. The number of likely N-dealkylation sites (tertiary alicyclic amines) is 1. The second-order valence-electron chi connectivity index (χ2n) is 8.35. The second kappa shape index (κ2) is 8.12. The molecule has 1 aromatic carbocycles. The van der Waals surface area contributed by atoms with Crippen LogP contribution in [0.25, 0.3) is 0 Å². The predicted octanol–water partition coefficient (Wildman–Crippen LogP) is 2.84. The van der Waals surface area contributed by atoms with Gasteiger partial charge in [-0.1, -0.05) is 38.1 Å². The van der Waals surface area contributed by atoms with Crippen LogP contribution >= 0.6 is 0 Å². The van der Waals surface area contributed by atoms with Crippen LogP contribution in [0.2, 0.25) is 0 Å². The van der Waals surface area contributed by atoms with Crippen molar-refractivity contribution in [2.75, 3.05) is 13.1 Å². The molecular formula is C21H28N4O3. The summed E-state index contributed by atoms with van der Waals surface area (Å²) in [6.07, 6.45) is 1.31. The largest absolute Gasteiger partial charge is 0.347 e. The maximum absolute atomic E-state index is 12.7. The molecule has 0 spiro atoms. The van der Waals surface area contributed by atoms with Crippen LogP contribution < -0.4 is 5.32 Å². The van der Waals surface area contributed by atoms with Crippen molar-refractivity contribution < 1.29 is 14.1 Å². The van der Waals surface area contributed by atoms with E-state index in [2.05, 4.69) is 36.2 Å². The molecule has 1 aliphatic heterocycles. The highest BCUT2D eigenvalue weighted by atomic mass is 16.5. The van der Waals surface area contributed by atoms with E-state index >= 15 is 0 Å². The van der Waals surface area contributed by atoms with E-state index in [9.17, 15) is 9.59 Å². The summed E-state index contributed by atoms with van der Waals surface area (Å²) in [5.41, 5.74) is 1.96. The fraction of sp³-hybridized carbons (Fsp3) is 0.524. The Bertz CT molecular complexity index is 828. The van der Waals surface area contributed by atoms with Crippen LogP contribution in [0.3, 0.4) is 0 Å². The van der Waals surface area contributed by atoms with Gasteiger partial charge < -0.3 is 14.7 Å². The van der Waals surface area contributed by atoms with Gasteiger partial charge in [-0.2, -0.15) is 4.98 Å². The molecule has 0 saturated carbocycles. The van der Waals surface area contributed by atoms with Gasteiger partial charge >= 0.3 is 0 Å². The zero-order valence-corrected chi connectivity index (χ0v) is 17.0. The Morgan fingerprint density at radius 1 is 1.18 bits per heavy atom. The van der Waals surface area contributed by atoms with Crippen LogP contribution in [-0.4, -0.2) is 39.9 Å². The van der Waals surface area contributed by atoms with Gasteiger partial charge in [0.2, 0.25) is 11.8 Å². The molecule has 1 aliphatic rings. The van der Waals surface area contributed by atoms with Crippen molar-refractivity contribution in [2.24, 2.45) is 5.92 Å². The lowest BCUT2D eigenvalue weighted by Crippen LogP contribution is -2.43. The van der Waals surface area contributed by atoms with E-state index in [-0.39, 0.29) is 29.7 Å². The number of aromatic nitrogens is 2. The van der Waals surface area contributed by atoms with Crippen molar-refractivity contribution in [1.29, 1.82) is 0 Å². The normalized spacial score (nSPS) is 15.5. The van der Waals surface area contributed by atoms with Crippen molar-refractivity contribution in [3.63, 3.8) is 0 Å². The SMILES string of the molecule is Cc1noc(CNC(=O)C2CCN(C(=O)c3ccc(C(C)(C)C)cc3)CC2)n1. The van der Waals surface area contributed by atoms with E-state index in [0.29, 0.717) is 43.2 Å². The topological polar surface area (TPSA) is 88.3 Å². The minimum Gasteiger partial charge on any atom is -0.347 e. The van der Waals surface area contributed by atoms with Gasteiger partial charge in [0.25, 0.3) is 5.91 Å². The second-order valence-corrected chi connectivity index (χ2v) is 8.35. The van der Waals surface area contributed by atoms with Crippen LogP contribution in [-0.2, 0) is 16.8 Å². The molecule has 0 aliphatic carbocycles. The quantitative estimate of drug-likeness (QED) is 0.876. The number of aryl methyl sites for hydroxylation is 1. The van der Waals surface area contributed by atoms with E-state index < -0.39 is 0 Å². The number of piperidine rings is 1. The van der Waals surface area contributed by atoms with Gasteiger partial charge in [-0.3, -0.25) is 9.59 Å². The van der Waals surface area contributed by atoms with E-state index in [1.54, 1.807) is 6.92 Å². The van der Waals surface area contributed by atoms with E-state index in [4.69, 9.17) is 4.52 Å². The molecule has 3 rings (SSSR count). The number of benzene rings is 1. The molecule has 28 heavy (non-hydrogen) atoms. The first kappa shape index (κ1) is 20.0. The minimum absolute atomic E-state index is 0.0284. The van der Waals surface area contributed by atoms with Crippen LogP contribution in [0.1, 0.15) is 61.2 Å².